The number of rotatable bonds is 5. The Balaban J connectivity index is 2.13. The maximum atomic E-state index is 12.1. The first-order valence-corrected chi connectivity index (χ1v) is 7.98. The van der Waals surface area contributed by atoms with Crippen LogP contribution in [0.3, 0.4) is 0 Å². The Kier molecular flexibility index (Phi) is 4.31. The lowest BCUT2D eigenvalue weighted by molar-refractivity contribution is 0.281. The highest BCUT2D eigenvalue weighted by atomic mass is 32.2. The summed E-state index contributed by atoms with van der Waals surface area (Å²) in [5.74, 6) is 0. The number of aliphatic hydroxyl groups excluding tert-OH is 1. The van der Waals surface area contributed by atoms with Gasteiger partial charge in [-0.25, -0.2) is 18.1 Å². The van der Waals surface area contributed by atoms with E-state index in [0.717, 1.165) is 5.01 Å². The summed E-state index contributed by atoms with van der Waals surface area (Å²) in [4.78, 5) is 4.34. The summed E-state index contributed by atoms with van der Waals surface area (Å²) in [5, 5.41) is 11.7. The molecule has 19 heavy (non-hydrogen) atoms. The number of nitrogens with one attached hydrogen (secondary N) is 1. The molecule has 1 heterocycles. The Hall–Kier alpha value is -1.28. The molecule has 0 amide bonds. The molecular formula is C12H14N2O3S2. The van der Waals surface area contributed by atoms with Crippen LogP contribution in [0.1, 0.15) is 16.3 Å². The van der Waals surface area contributed by atoms with E-state index in [4.69, 9.17) is 5.11 Å². The SMILES string of the molecule is Cc1nc(CNS(=O)(=O)c2cccc(CO)c2)cs1. The topological polar surface area (TPSA) is 79.3 Å². The van der Waals surface area contributed by atoms with Crippen molar-refractivity contribution in [1.82, 2.24) is 9.71 Å². The fourth-order valence-electron chi connectivity index (χ4n) is 1.55. The number of aryl methyl sites for hydroxylation is 1. The molecule has 0 spiro atoms. The van der Waals surface area contributed by atoms with Gasteiger partial charge in [0.25, 0.3) is 0 Å². The Morgan fingerprint density at radius 2 is 2.21 bits per heavy atom. The van der Waals surface area contributed by atoms with Crippen LogP contribution in [0.4, 0.5) is 0 Å². The van der Waals surface area contributed by atoms with Gasteiger partial charge in [0.1, 0.15) is 0 Å². The van der Waals surface area contributed by atoms with Gasteiger partial charge in [-0.3, -0.25) is 0 Å². The Bertz CT molecular complexity index is 665. The lowest BCUT2D eigenvalue weighted by atomic mass is 10.2. The fraction of sp³-hybridized carbons (Fsp3) is 0.250. The normalized spacial score (nSPS) is 11.7. The molecule has 1 aromatic carbocycles. The van der Waals surface area contributed by atoms with E-state index < -0.39 is 10.0 Å². The molecule has 2 aromatic rings. The molecule has 102 valence electrons. The summed E-state index contributed by atoms with van der Waals surface area (Å²) in [6.07, 6.45) is 0. The molecule has 0 saturated carbocycles. The van der Waals surface area contributed by atoms with E-state index in [-0.39, 0.29) is 18.0 Å². The van der Waals surface area contributed by atoms with Gasteiger partial charge in [0, 0.05) is 5.38 Å². The molecule has 0 aliphatic carbocycles. The van der Waals surface area contributed by atoms with Crippen molar-refractivity contribution in [2.45, 2.75) is 25.0 Å². The summed E-state index contributed by atoms with van der Waals surface area (Å²) in [7, 11) is -3.58. The van der Waals surface area contributed by atoms with Crippen molar-refractivity contribution in [2.24, 2.45) is 0 Å². The quantitative estimate of drug-likeness (QED) is 0.875. The molecule has 2 N–H and O–H groups in total. The number of thiazole rings is 1. The number of aromatic nitrogens is 1. The molecule has 0 saturated heterocycles. The summed E-state index contributed by atoms with van der Waals surface area (Å²) in [6, 6.07) is 6.22. The van der Waals surface area contributed by atoms with Gasteiger partial charge in [-0.1, -0.05) is 12.1 Å². The molecule has 7 heteroatoms. The van der Waals surface area contributed by atoms with Crippen LogP contribution in [0.2, 0.25) is 0 Å². The third kappa shape index (κ3) is 3.60. The summed E-state index contributed by atoms with van der Waals surface area (Å²) < 4.78 is 26.6. The predicted molar refractivity (Wildman–Crippen MR) is 73.2 cm³/mol. The minimum absolute atomic E-state index is 0.144. The first-order chi connectivity index (χ1) is 9.01. The maximum Gasteiger partial charge on any atom is 0.240 e. The molecule has 0 atom stereocenters. The van der Waals surface area contributed by atoms with Crippen LogP contribution in [0.5, 0.6) is 0 Å². The molecule has 5 nitrogen and oxygen atoms in total. The number of nitrogens with zero attached hydrogens (tertiary/aromatic N) is 1. The molecule has 1 aromatic heterocycles. The molecule has 0 aliphatic heterocycles. The minimum Gasteiger partial charge on any atom is -0.392 e. The highest BCUT2D eigenvalue weighted by molar-refractivity contribution is 7.89. The second-order valence-corrected chi connectivity index (χ2v) is 6.82. The van der Waals surface area contributed by atoms with E-state index in [9.17, 15) is 8.42 Å². The fourth-order valence-corrected chi connectivity index (χ4v) is 3.23. The molecule has 0 fully saturated rings. The zero-order chi connectivity index (χ0) is 13.9. The van der Waals surface area contributed by atoms with Gasteiger partial charge < -0.3 is 5.11 Å². The Morgan fingerprint density at radius 1 is 1.42 bits per heavy atom. The lowest BCUT2D eigenvalue weighted by Crippen LogP contribution is -2.23. The molecule has 2 rings (SSSR count). The summed E-state index contributed by atoms with van der Waals surface area (Å²) in [6.45, 7) is 1.85. The van der Waals surface area contributed by atoms with Gasteiger partial charge in [-0.05, 0) is 24.6 Å². The van der Waals surface area contributed by atoms with E-state index in [1.165, 1.54) is 23.5 Å². The van der Waals surface area contributed by atoms with Crippen molar-refractivity contribution in [3.05, 3.63) is 45.9 Å². The average molecular weight is 298 g/mol. The summed E-state index contributed by atoms with van der Waals surface area (Å²) in [5.41, 5.74) is 1.26. The Morgan fingerprint density at radius 3 is 2.84 bits per heavy atom. The van der Waals surface area contributed by atoms with Crippen molar-refractivity contribution in [3.63, 3.8) is 0 Å². The second-order valence-electron chi connectivity index (χ2n) is 3.99. The van der Waals surface area contributed by atoms with E-state index in [1.807, 2.05) is 12.3 Å². The zero-order valence-corrected chi connectivity index (χ0v) is 12.0. The monoisotopic (exact) mass is 298 g/mol. The van der Waals surface area contributed by atoms with Crippen molar-refractivity contribution in [2.75, 3.05) is 0 Å². The number of benzene rings is 1. The molecule has 0 bridgehead atoms. The molecule has 0 radical (unpaired) electrons. The standard InChI is InChI=1S/C12H14N2O3S2/c1-9-14-11(8-18-9)6-13-19(16,17)12-4-2-3-10(5-12)7-15/h2-5,8,13,15H,6-7H2,1H3. The van der Waals surface area contributed by atoms with Crippen LogP contribution in [0.25, 0.3) is 0 Å². The predicted octanol–water partition coefficient (Wildman–Crippen LogP) is 1.42. The van der Waals surface area contributed by atoms with Gasteiger partial charge in [0.05, 0.1) is 28.7 Å². The highest BCUT2D eigenvalue weighted by Crippen LogP contribution is 2.13. The van der Waals surface area contributed by atoms with Crippen LogP contribution in [0.15, 0.2) is 34.5 Å². The van der Waals surface area contributed by atoms with E-state index >= 15 is 0 Å². The molecule has 0 unspecified atom stereocenters. The van der Waals surface area contributed by atoms with Crippen LogP contribution in [0, 0.1) is 6.92 Å². The largest absolute Gasteiger partial charge is 0.392 e. The first kappa shape index (κ1) is 14.1. The van der Waals surface area contributed by atoms with Crippen molar-refractivity contribution in [1.29, 1.82) is 0 Å². The van der Waals surface area contributed by atoms with Crippen LogP contribution >= 0.6 is 11.3 Å². The zero-order valence-electron chi connectivity index (χ0n) is 10.3. The number of hydrogen-bond acceptors (Lipinski definition) is 5. The van der Waals surface area contributed by atoms with Gasteiger partial charge in [0.2, 0.25) is 10.0 Å². The maximum absolute atomic E-state index is 12.1. The van der Waals surface area contributed by atoms with E-state index in [1.54, 1.807) is 12.1 Å². The second kappa shape index (κ2) is 5.79. The Labute approximate surface area is 116 Å². The van der Waals surface area contributed by atoms with Crippen molar-refractivity contribution < 1.29 is 13.5 Å². The smallest absolute Gasteiger partial charge is 0.240 e. The van der Waals surface area contributed by atoms with Gasteiger partial charge in [0.15, 0.2) is 0 Å². The van der Waals surface area contributed by atoms with Gasteiger partial charge in [-0.2, -0.15) is 0 Å². The molecule has 0 aliphatic rings. The van der Waals surface area contributed by atoms with Crippen LogP contribution in [-0.2, 0) is 23.2 Å². The van der Waals surface area contributed by atoms with Crippen molar-refractivity contribution >= 4 is 21.4 Å². The van der Waals surface area contributed by atoms with Gasteiger partial charge in [-0.15, -0.1) is 11.3 Å². The number of hydrogen-bond donors (Lipinski definition) is 2. The minimum atomic E-state index is -3.58. The van der Waals surface area contributed by atoms with Gasteiger partial charge >= 0.3 is 0 Å². The first-order valence-electron chi connectivity index (χ1n) is 5.62. The van der Waals surface area contributed by atoms with Crippen LogP contribution < -0.4 is 4.72 Å². The number of aliphatic hydroxyl groups is 1. The third-order valence-electron chi connectivity index (χ3n) is 2.50. The van der Waals surface area contributed by atoms with Crippen LogP contribution in [-0.4, -0.2) is 18.5 Å². The highest BCUT2D eigenvalue weighted by Gasteiger charge is 2.14. The van der Waals surface area contributed by atoms with E-state index in [2.05, 4.69) is 9.71 Å². The van der Waals surface area contributed by atoms with Crippen molar-refractivity contribution in [3.8, 4) is 0 Å². The molecular weight excluding hydrogens is 284 g/mol. The van der Waals surface area contributed by atoms with E-state index in [0.29, 0.717) is 11.3 Å². The third-order valence-corrected chi connectivity index (χ3v) is 4.72. The lowest BCUT2D eigenvalue weighted by Gasteiger charge is -2.06. The summed E-state index contributed by atoms with van der Waals surface area (Å²) >= 11 is 1.48. The number of sulfonamides is 1. The average Bonchev–Trinajstić information content (AvgIpc) is 2.82.